The predicted molar refractivity (Wildman–Crippen MR) is 61.9 cm³/mol. The van der Waals surface area contributed by atoms with Crippen molar-refractivity contribution in [3.63, 3.8) is 0 Å². The van der Waals surface area contributed by atoms with Gasteiger partial charge in [0.05, 0.1) is 0 Å². The lowest BCUT2D eigenvalue weighted by Gasteiger charge is -2.11. The molecule has 0 N–H and O–H groups in total. The molecule has 1 rings (SSSR count). The van der Waals surface area contributed by atoms with Crippen LogP contribution >= 0.6 is 15.9 Å². The summed E-state index contributed by atoms with van der Waals surface area (Å²) >= 11 is 3.60. The smallest absolute Gasteiger partial charge is 0.0212 e. The Morgan fingerprint density at radius 1 is 1.23 bits per heavy atom. The summed E-state index contributed by atoms with van der Waals surface area (Å²) in [6, 6.07) is 6.59. The Labute approximate surface area is 89.5 Å². The summed E-state index contributed by atoms with van der Waals surface area (Å²) in [7, 11) is 0. The Hall–Kier alpha value is -0.300. The maximum atomic E-state index is 3.60. The predicted octanol–water partition coefficient (Wildman–Crippen LogP) is 4.53. The molecule has 0 aliphatic carbocycles. The summed E-state index contributed by atoms with van der Waals surface area (Å²) in [5.41, 5.74) is 2.70. The Morgan fingerprint density at radius 2 is 1.85 bits per heavy atom. The topological polar surface area (TPSA) is 0 Å². The molecule has 71 valence electrons. The van der Waals surface area contributed by atoms with Gasteiger partial charge in [-0.3, -0.25) is 0 Å². The quantitative estimate of drug-likeness (QED) is 0.712. The first-order valence-corrected chi connectivity index (χ1v) is 5.41. The van der Waals surface area contributed by atoms with Crippen molar-refractivity contribution in [1.82, 2.24) is 0 Å². The Morgan fingerprint density at radius 3 is 2.23 bits per heavy atom. The van der Waals surface area contributed by atoms with Crippen LogP contribution in [0, 0.1) is 5.92 Å². The molecule has 0 unspecified atom stereocenters. The maximum absolute atomic E-state index is 3.60. The van der Waals surface area contributed by atoms with Gasteiger partial charge in [0.25, 0.3) is 0 Å². The minimum absolute atomic E-state index is 0.584. The highest BCUT2D eigenvalue weighted by Gasteiger charge is 2.06. The molecule has 1 radical (unpaired) electrons. The summed E-state index contributed by atoms with van der Waals surface area (Å²) in [6.45, 7) is 8.69. The highest BCUT2D eigenvalue weighted by molar-refractivity contribution is 9.10. The van der Waals surface area contributed by atoms with Gasteiger partial charge < -0.3 is 0 Å². The SMILES string of the molecule is C[C](C)c1ccc(C(C)C)c(Br)c1. The Kier molecular flexibility index (Phi) is 3.55. The molecule has 0 nitrogen and oxygen atoms in total. The lowest BCUT2D eigenvalue weighted by Crippen LogP contribution is -1.93. The molecular formula is C12H16Br. The first kappa shape index (κ1) is 10.8. The zero-order valence-electron chi connectivity index (χ0n) is 8.69. The van der Waals surface area contributed by atoms with Crippen LogP contribution in [0.25, 0.3) is 0 Å². The molecule has 0 bridgehead atoms. The lowest BCUT2D eigenvalue weighted by molar-refractivity contribution is 0.859. The molecule has 13 heavy (non-hydrogen) atoms. The normalized spacial score (nSPS) is 11.3. The van der Waals surface area contributed by atoms with Crippen LogP contribution in [0.3, 0.4) is 0 Å². The van der Waals surface area contributed by atoms with Gasteiger partial charge in [0.15, 0.2) is 0 Å². The third-order valence-electron chi connectivity index (χ3n) is 2.20. The van der Waals surface area contributed by atoms with Crippen LogP contribution in [0.15, 0.2) is 22.7 Å². The molecule has 0 amide bonds. The van der Waals surface area contributed by atoms with Crippen LogP contribution in [0.4, 0.5) is 0 Å². The molecular weight excluding hydrogens is 224 g/mol. The first-order valence-electron chi connectivity index (χ1n) is 4.62. The molecule has 0 spiro atoms. The second-order valence-electron chi connectivity index (χ2n) is 3.89. The van der Waals surface area contributed by atoms with E-state index in [0.717, 1.165) is 0 Å². The van der Waals surface area contributed by atoms with Gasteiger partial charge in [0, 0.05) is 4.47 Å². The number of benzene rings is 1. The zero-order chi connectivity index (χ0) is 10.0. The minimum Gasteiger partial charge on any atom is -0.0586 e. The zero-order valence-corrected chi connectivity index (χ0v) is 10.3. The first-order chi connectivity index (χ1) is 6.02. The maximum Gasteiger partial charge on any atom is 0.0212 e. The van der Waals surface area contributed by atoms with E-state index in [4.69, 9.17) is 0 Å². The highest BCUT2D eigenvalue weighted by Crippen LogP contribution is 2.27. The van der Waals surface area contributed by atoms with Gasteiger partial charge in [-0.1, -0.05) is 55.8 Å². The van der Waals surface area contributed by atoms with Crippen LogP contribution in [-0.2, 0) is 0 Å². The van der Waals surface area contributed by atoms with Crippen molar-refractivity contribution in [2.75, 3.05) is 0 Å². The van der Waals surface area contributed by atoms with Gasteiger partial charge in [0.1, 0.15) is 0 Å². The summed E-state index contributed by atoms with van der Waals surface area (Å²) in [4.78, 5) is 0. The van der Waals surface area contributed by atoms with Crippen molar-refractivity contribution in [2.24, 2.45) is 0 Å². The van der Waals surface area contributed by atoms with Crippen LogP contribution < -0.4 is 0 Å². The van der Waals surface area contributed by atoms with E-state index in [9.17, 15) is 0 Å². The molecule has 0 saturated carbocycles. The molecule has 0 fully saturated rings. The molecule has 0 aliphatic heterocycles. The number of hydrogen-bond donors (Lipinski definition) is 0. The van der Waals surface area contributed by atoms with E-state index in [0.29, 0.717) is 5.92 Å². The van der Waals surface area contributed by atoms with Gasteiger partial charge in [-0.15, -0.1) is 0 Å². The lowest BCUT2D eigenvalue weighted by atomic mass is 9.97. The second kappa shape index (κ2) is 4.28. The van der Waals surface area contributed by atoms with Gasteiger partial charge in [-0.25, -0.2) is 0 Å². The molecule has 0 atom stereocenters. The fourth-order valence-electron chi connectivity index (χ4n) is 1.31. The molecule has 1 aromatic rings. The molecule has 0 saturated heterocycles. The third kappa shape index (κ3) is 2.57. The Bertz CT molecular complexity index is 287. The average Bonchev–Trinajstić information content (AvgIpc) is 2.03. The standard InChI is InChI=1S/C12H16Br/c1-8(2)10-5-6-11(9(3)4)12(13)7-10/h5-7,9H,1-4H3. The molecule has 0 aromatic heterocycles. The molecule has 0 aliphatic rings. The van der Waals surface area contributed by atoms with E-state index >= 15 is 0 Å². The van der Waals surface area contributed by atoms with E-state index < -0.39 is 0 Å². The van der Waals surface area contributed by atoms with Crippen LogP contribution in [-0.4, -0.2) is 0 Å². The number of hydrogen-bond acceptors (Lipinski definition) is 0. The fourth-order valence-corrected chi connectivity index (χ4v) is 2.14. The van der Waals surface area contributed by atoms with E-state index in [1.807, 2.05) is 0 Å². The van der Waals surface area contributed by atoms with Gasteiger partial charge >= 0.3 is 0 Å². The van der Waals surface area contributed by atoms with Gasteiger partial charge in [-0.05, 0) is 29.0 Å². The van der Waals surface area contributed by atoms with Crippen molar-refractivity contribution in [1.29, 1.82) is 0 Å². The molecule has 1 aromatic carbocycles. The van der Waals surface area contributed by atoms with Crippen molar-refractivity contribution >= 4 is 15.9 Å². The van der Waals surface area contributed by atoms with E-state index in [-0.39, 0.29) is 0 Å². The average molecular weight is 240 g/mol. The van der Waals surface area contributed by atoms with Crippen LogP contribution in [0.2, 0.25) is 0 Å². The van der Waals surface area contributed by atoms with Crippen LogP contribution in [0.1, 0.15) is 44.7 Å². The minimum atomic E-state index is 0.584. The second-order valence-corrected chi connectivity index (χ2v) is 4.75. The van der Waals surface area contributed by atoms with Crippen LogP contribution in [0.5, 0.6) is 0 Å². The van der Waals surface area contributed by atoms with Crippen molar-refractivity contribution in [3.8, 4) is 0 Å². The molecule has 0 heterocycles. The van der Waals surface area contributed by atoms with E-state index in [1.54, 1.807) is 0 Å². The van der Waals surface area contributed by atoms with Crippen molar-refractivity contribution in [2.45, 2.75) is 33.6 Å². The summed E-state index contributed by atoms with van der Waals surface area (Å²) < 4.78 is 1.22. The van der Waals surface area contributed by atoms with Crippen molar-refractivity contribution in [3.05, 3.63) is 39.7 Å². The summed E-state index contributed by atoms with van der Waals surface area (Å²) in [5.74, 6) is 1.94. The number of rotatable bonds is 2. The van der Waals surface area contributed by atoms with Gasteiger partial charge in [0.2, 0.25) is 0 Å². The van der Waals surface area contributed by atoms with E-state index in [1.165, 1.54) is 21.5 Å². The Balaban J connectivity index is 3.06. The largest absolute Gasteiger partial charge is 0.0586 e. The van der Waals surface area contributed by atoms with Gasteiger partial charge in [-0.2, -0.15) is 0 Å². The van der Waals surface area contributed by atoms with Crippen molar-refractivity contribution < 1.29 is 0 Å². The van der Waals surface area contributed by atoms with E-state index in [2.05, 4.69) is 61.8 Å². The third-order valence-corrected chi connectivity index (χ3v) is 2.89. The summed E-state index contributed by atoms with van der Waals surface area (Å²) in [6.07, 6.45) is 0. The highest BCUT2D eigenvalue weighted by atomic mass is 79.9. The summed E-state index contributed by atoms with van der Waals surface area (Å²) in [5, 5.41) is 0. The number of halogens is 1. The monoisotopic (exact) mass is 239 g/mol. The fraction of sp³-hybridized carbons (Fsp3) is 0.417. The molecule has 1 heteroatoms.